The van der Waals surface area contributed by atoms with Crippen molar-refractivity contribution in [3.05, 3.63) is 11.6 Å². The molecular weight excluding hydrogens is 740 g/mol. The fraction of sp³-hybridized carbons (Fsp3) is 0.837. The largest absolute Gasteiger partial charge is 0.463 e. The van der Waals surface area contributed by atoms with Crippen molar-refractivity contribution in [3.8, 4) is 0 Å². The summed E-state index contributed by atoms with van der Waals surface area (Å²) in [5.41, 5.74) is 0.135. The SMILES string of the molecule is CC(=O)OC[C@H]1O[C@@H](OC(C)=O)[C@H](OC(C)=O)[C@@H](O[C@H]2CC[C@@]3(C)C(=CC[C@@H]4[C@@H]3CC[C@@]3(C)[C@H]4C[C@@H]4O[C@]5(CC[C@@H](C)CO5)[C@@H](C)[C@@]43OC(C)=O)C2)[C@@H]1OC(C)=O. The molecule has 6 fully saturated rings. The van der Waals surface area contributed by atoms with Gasteiger partial charge >= 0.3 is 29.8 Å². The van der Waals surface area contributed by atoms with Crippen LogP contribution in [0.15, 0.2) is 11.6 Å². The van der Waals surface area contributed by atoms with Gasteiger partial charge in [-0.3, -0.25) is 24.0 Å². The maximum atomic E-state index is 13.0. The van der Waals surface area contributed by atoms with Crippen molar-refractivity contribution in [3.63, 3.8) is 0 Å². The van der Waals surface area contributed by atoms with Crippen LogP contribution in [0.2, 0.25) is 0 Å². The van der Waals surface area contributed by atoms with Crippen LogP contribution in [0, 0.1) is 40.4 Å². The molecule has 0 unspecified atom stereocenters. The maximum absolute atomic E-state index is 13.0. The zero-order valence-electron chi connectivity index (χ0n) is 35.0. The molecule has 16 atom stereocenters. The smallest absolute Gasteiger partial charge is 0.305 e. The van der Waals surface area contributed by atoms with Crippen molar-refractivity contribution in [1.82, 2.24) is 0 Å². The summed E-state index contributed by atoms with van der Waals surface area (Å²) in [6.45, 7) is 15.9. The van der Waals surface area contributed by atoms with Crippen molar-refractivity contribution in [2.45, 2.75) is 174 Å². The van der Waals surface area contributed by atoms with Gasteiger partial charge in [-0.1, -0.05) is 39.3 Å². The molecule has 0 amide bonds. The average Bonchev–Trinajstić information content (AvgIpc) is 3.49. The van der Waals surface area contributed by atoms with E-state index in [1.807, 2.05) is 0 Å². The zero-order valence-corrected chi connectivity index (χ0v) is 35.0. The Morgan fingerprint density at radius 2 is 1.49 bits per heavy atom. The molecular formula is C43H62O14. The van der Waals surface area contributed by atoms with Crippen LogP contribution in [0.3, 0.4) is 0 Å². The Kier molecular flexibility index (Phi) is 11.4. The van der Waals surface area contributed by atoms with Gasteiger partial charge in [-0.05, 0) is 80.5 Å². The van der Waals surface area contributed by atoms with E-state index in [2.05, 4.69) is 33.8 Å². The van der Waals surface area contributed by atoms with Gasteiger partial charge in [0.2, 0.25) is 6.29 Å². The van der Waals surface area contributed by atoms with Gasteiger partial charge in [0.15, 0.2) is 23.6 Å². The highest BCUT2D eigenvalue weighted by molar-refractivity contribution is 5.68. The van der Waals surface area contributed by atoms with Gasteiger partial charge in [0.1, 0.15) is 24.9 Å². The fourth-order valence-corrected chi connectivity index (χ4v) is 12.7. The Morgan fingerprint density at radius 1 is 0.789 bits per heavy atom. The standard InChI is InChI=1S/C43H62O14/c1-22-12-17-42(50-20-22)23(2)43(56-28(7)48)35(57-42)19-33-31-11-10-29-18-30(13-15-40(29,8)32(31)14-16-41(33,43)9)54-37-36(51-25(4)45)34(21-49-24(3)44)55-39(53-27(6)47)38(37)52-26(5)46/h10,22-23,30-39H,11-21H2,1-9H3/t22-,23-,30+,31-,32+,33+,34-,35+,36-,37+,38-,39-,40+,41+,42-,43-/m1/s1. The number of hydrogen-bond acceptors (Lipinski definition) is 14. The monoisotopic (exact) mass is 802 g/mol. The first-order valence-electron chi connectivity index (χ1n) is 21.0. The van der Waals surface area contributed by atoms with E-state index >= 15 is 0 Å². The summed E-state index contributed by atoms with van der Waals surface area (Å²) in [5, 5.41) is 0. The quantitative estimate of drug-likeness (QED) is 0.171. The summed E-state index contributed by atoms with van der Waals surface area (Å²) in [6.07, 6.45) is 3.28. The first-order chi connectivity index (χ1) is 26.8. The van der Waals surface area contributed by atoms with Gasteiger partial charge in [-0.25, -0.2) is 0 Å². The average molecular weight is 803 g/mol. The molecule has 0 aromatic carbocycles. The number of carbonyl (C=O) groups excluding carboxylic acids is 5. The van der Waals surface area contributed by atoms with E-state index < -0.39 is 66.0 Å². The van der Waals surface area contributed by atoms with Crippen LogP contribution in [-0.2, 0) is 66.6 Å². The molecule has 57 heavy (non-hydrogen) atoms. The lowest BCUT2D eigenvalue weighted by Crippen LogP contribution is -2.63. The third-order valence-electron chi connectivity index (χ3n) is 15.1. The second-order valence-electron chi connectivity index (χ2n) is 18.5. The first-order valence-corrected chi connectivity index (χ1v) is 21.0. The number of rotatable bonds is 8. The molecule has 7 aliphatic rings. The van der Waals surface area contributed by atoms with Gasteiger partial charge in [-0.15, -0.1) is 0 Å². The van der Waals surface area contributed by atoms with Crippen molar-refractivity contribution in [2.75, 3.05) is 13.2 Å². The fourth-order valence-electron chi connectivity index (χ4n) is 12.7. The zero-order chi connectivity index (χ0) is 41.2. The molecule has 318 valence electrons. The van der Waals surface area contributed by atoms with E-state index in [9.17, 15) is 24.0 Å². The predicted octanol–water partition coefficient (Wildman–Crippen LogP) is 5.51. The van der Waals surface area contributed by atoms with Crippen LogP contribution >= 0.6 is 0 Å². The highest BCUT2D eigenvalue weighted by atomic mass is 16.7. The highest BCUT2D eigenvalue weighted by Gasteiger charge is 2.78. The molecule has 7 rings (SSSR count). The second-order valence-corrected chi connectivity index (χ2v) is 18.5. The third-order valence-corrected chi connectivity index (χ3v) is 15.1. The summed E-state index contributed by atoms with van der Waals surface area (Å²) >= 11 is 0. The van der Waals surface area contributed by atoms with E-state index in [1.54, 1.807) is 0 Å². The number of ether oxygens (including phenoxy) is 9. The first kappa shape index (κ1) is 42.1. The minimum Gasteiger partial charge on any atom is -0.463 e. The second kappa shape index (κ2) is 15.5. The number of fused-ring (bicyclic) bond motifs is 7. The Balaban J connectivity index is 1.14. The Hall–Kier alpha value is -3.07. The summed E-state index contributed by atoms with van der Waals surface area (Å²) < 4.78 is 55.1. The third kappa shape index (κ3) is 7.22. The minimum atomic E-state index is -1.40. The van der Waals surface area contributed by atoms with Gasteiger partial charge in [0.25, 0.3) is 0 Å². The normalized spacial score (nSPS) is 45.9. The Labute approximate surface area is 335 Å². The molecule has 0 aromatic heterocycles. The van der Waals surface area contributed by atoms with Gasteiger partial charge in [0, 0.05) is 46.5 Å². The molecule has 3 heterocycles. The number of esters is 5. The van der Waals surface area contributed by atoms with Gasteiger partial charge in [-0.2, -0.15) is 0 Å². The van der Waals surface area contributed by atoms with Crippen molar-refractivity contribution >= 4 is 29.8 Å². The summed E-state index contributed by atoms with van der Waals surface area (Å²) in [7, 11) is 0. The molecule has 0 radical (unpaired) electrons. The number of allylic oxidation sites excluding steroid dienone is 1. The lowest BCUT2D eigenvalue weighted by molar-refractivity contribution is -0.310. The van der Waals surface area contributed by atoms with Gasteiger partial charge in [0.05, 0.1) is 18.6 Å². The molecule has 0 N–H and O–H groups in total. The van der Waals surface area contributed by atoms with Crippen molar-refractivity contribution < 1.29 is 66.6 Å². The topological polar surface area (TPSA) is 168 Å². The van der Waals surface area contributed by atoms with Crippen LogP contribution < -0.4 is 0 Å². The molecule has 14 nitrogen and oxygen atoms in total. The number of carbonyl (C=O) groups is 5. The molecule has 0 bridgehead atoms. The molecule has 3 saturated carbocycles. The Bertz CT molecular complexity index is 1630. The molecule has 1 spiro atoms. The van der Waals surface area contributed by atoms with Crippen LogP contribution in [0.1, 0.15) is 120 Å². The van der Waals surface area contributed by atoms with Crippen molar-refractivity contribution in [2.24, 2.45) is 40.4 Å². The van der Waals surface area contributed by atoms with Crippen molar-refractivity contribution in [1.29, 1.82) is 0 Å². The summed E-state index contributed by atoms with van der Waals surface area (Å²) in [4.78, 5) is 61.8. The molecule has 3 saturated heterocycles. The Morgan fingerprint density at radius 3 is 2.12 bits per heavy atom. The van der Waals surface area contributed by atoms with E-state index in [1.165, 1.54) is 40.2 Å². The summed E-state index contributed by atoms with van der Waals surface area (Å²) in [6, 6.07) is 0. The van der Waals surface area contributed by atoms with Gasteiger partial charge < -0.3 is 42.6 Å². The maximum Gasteiger partial charge on any atom is 0.305 e. The van der Waals surface area contributed by atoms with Crippen LogP contribution in [0.25, 0.3) is 0 Å². The predicted molar refractivity (Wildman–Crippen MR) is 200 cm³/mol. The van der Waals surface area contributed by atoms with Crippen LogP contribution in [0.4, 0.5) is 0 Å². The van der Waals surface area contributed by atoms with E-state index in [0.29, 0.717) is 37.2 Å². The van der Waals surface area contributed by atoms with E-state index in [0.717, 1.165) is 44.9 Å². The van der Waals surface area contributed by atoms with Crippen LogP contribution in [0.5, 0.6) is 0 Å². The summed E-state index contributed by atoms with van der Waals surface area (Å²) in [5.74, 6) is -2.18. The lowest BCUT2D eigenvalue weighted by Gasteiger charge is -2.60. The molecule has 0 aromatic rings. The lowest BCUT2D eigenvalue weighted by atomic mass is 9.46. The molecule has 4 aliphatic carbocycles. The number of hydrogen-bond donors (Lipinski definition) is 0. The van der Waals surface area contributed by atoms with Crippen LogP contribution in [-0.4, -0.2) is 97.4 Å². The van der Waals surface area contributed by atoms with E-state index in [4.69, 9.17) is 42.6 Å². The van der Waals surface area contributed by atoms with E-state index in [-0.39, 0.29) is 47.4 Å². The highest BCUT2D eigenvalue weighted by Crippen LogP contribution is 2.73. The molecule has 3 aliphatic heterocycles. The minimum absolute atomic E-state index is 0.106. The molecule has 14 heteroatoms.